The number of carbonyl (C=O) groups excluding carboxylic acids is 2. The van der Waals surface area contributed by atoms with E-state index in [2.05, 4.69) is 5.32 Å². The summed E-state index contributed by atoms with van der Waals surface area (Å²) in [5.41, 5.74) is -0.238. The zero-order chi connectivity index (χ0) is 21.7. The zero-order valence-corrected chi connectivity index (χ0v) is 17.2. The summed E-state index contributed by atoms with van der Waals surface area (Å²) in [6, 6.07) is 12.5. The molecule has 1 heterocycles. The van der Waals surface area contributed by atoms with Crippen molar-refractivity contribution in [3.05, 3.63) is 75.1 Å². The topological polar surface area (TPSA) is 94.8 Å². The molecule has 0 aliphatic carbocycles. The molecule has 7 nitrogen and oxygen atoms in total. The molecule has 3 rings (SSSR count). The highest BCUT2D eigenvalue weighted by atomic mass is 35.5. The van der Waals surface area contributed by atoms with E-state index in [1.165, 1.54) is 13.2 Å². The normalized spacial score (nSPS) is 11.7. The maximum atomic E-state index is 12.9. The van der Waals surface area contributed by atoms with Gasteiger partial charge in [0.05, 0.1) is 26.2 Å². The van der Waals surface area contributed by atoms with Crippen LogP contribution in [0.1, 0.15) is 35.3 Å². The SMILES string of the molecule is CCOC(=O)CC(NC(=O)c1cc2cccc(OC)c2oc1=O)c1ccccc1Cl. The molecule has 3 aromatic rings. The first kappa shape index (κ1) is 21.4. The first-order chi connectivity index (χ1) is 14.4. The minimum absolute atomic E-state index is 0.143. The van der Waals surface area contributed by atoms with Gasteiger partial charge in [-0.05, 0) is 30.7 Å². The maximum Gasteiger partial charge on any atom is 0.349 e. The zero-order valence-electron chi connectivity index (χ0n) is 16.4. The van der Waals surface area contributed by atoms with Gasteiger partial charge in [0.2, 0.25) is 0 Å². The third-order valence-corrected chi connectivity index (χ3v) is 4.79. The van der Waals surface area contributed by atoms with Gasteiger partial charge in [0, 0.05) is 10.4 Å². The van der Waals surface area contributed by atoms with Crippen LogP contribution in [-0.4, -0.2) is 25.6 Å². The van der Waals surface area contributed by atoms with Crippen molar-refractivity contribution in [1.82, 2.24) is 5.32 Å². The number of esters is 1. The Morgan fingerprint density at radius 1 is 1.17 bits per heavy atom. The molecule has 0 radical (unpaired) electrons. The highest BCUT2D eigenvalue weighted by Gasteiger charge is 2.24. The fourth-order valence-corrected chi connectivity index (χ4v) is 3.32. The minimum Gasteiger partial charge on any atom is -0.493 e. The van der Waals surface area contributed by atoms with Crippen LogP contribution in [0.15, 0.2) is 57.7 Å². The summed E-state index contributed by atoms with van der Waals surface area (Å²) in [4.78, 5) is 37.4. The quantitative estimate of drug-likeness (QED) is 0.452. The highest BCUT2D eigenvalue weighted by molar-refractivity contribution is 6.31. The Labute approximate surface area is 177 Å². The minimum atomic E-state index is -0.821. The molecule has 0 saturated carbocycles. The molecule has 1 N–H and O–H groups in total. The van der Waals surface area contributed by atoms with Gasteiger partial charge in [0.1, 0.15) is 5.56 Å². The number of rotatable bonds is 7. The Bertz CT molecular complexity index is 1140. The fourth-order valence-electron chi connectivity index (χ4n) is 3.06. The van der Waals surface area contributed by atoms with E-state index in [4.69, 9.17) is 25.5 Å². The van der Waals surface area contributed by atoms with Crippen molar-refractivity contribution in [2.45, 2.75) is 19.4 Å². The van der Waals surface area contributed by atoms with Gasteiger partial charge in [-0.1, -0.05) is 41.9 Å². The van der Waals surface area contributed by atoms with Crippen LogP contribution < -0.4 is 15.7 Å². The molecule has 0 saturated heterocycles. The standard InChI is InChI=1S/C22H20ClNO6/c1-3-29-19(25)12-17(14-8-4-5-9-16(14)23)24-21(26)15-11-13-7-6-10-18(28-2)20(13)30-22(15)27/h4-11,17H,3,12H2,1-2H3,(H,24,26). The van der Waals surface area contributed by atoms with Gasteiger partial charge in [-0.25, -0.2) is 4.79 Å². The molecule has 0 aliphatic heterocycles. The van der Waals surface area contributed by atoms with Gasteiger partial charge in [-0.2, -0.15) is 0 Å². The number of carbonyl (C=O) groups is 2. The molecular formula is C22H20ClNO6. The van der Waals surface area contributed by atoms with Crippen molar-refractivity contribution in [2.75, 3.05) is 13.7 Å². The van der Waals surface area contributed by atoms with Crippen LogP contribution >= 0.6 is 11.6 Å². The Morgan fingerprint density at radius 3 is 2.63 bits per heavy atom. The second kappa shape index (κ2) is 9.45. The number of ether oxygens (including phenoxy) is 2. The number of methoxy groups -OCH3 is 1. The van der Waals surface area contributed by atoms with Crippen molar-refractivity contribution >= 4 is 34.4 Å². The van der Waals surface area contributed by atoms with E-state index >= 15 is 0 Å². The van der Waals surface area contributed by atoms with Crippen LogP contribution in [0, 0.1) is 0 Å². The predicted molar refractivity (Wildman–Crippen MR) is 112 cm³/mol. The third-order valence-electron chi connectivity index (χ3n) is 4.45. The van der Waals surface area contributed by atoms with E-state index in [0.717, 1.165) is 0 Å². The van der Waals surface area contributed by atoms with Crippen molar-refractivity contribution in [3.63, 3.8) is 0 Å². The molecule has 156 valence electrons. The van der Waals surface area contributed by atoms with Crippen molar-refractivity contribution in [1.29, 1.82) is 0 Å². The third kappa shape index (κ3) is 4.63. The molecule has 2 aromatic carbocycles. The van der Waals surface area contributed by atoms with Gasteiger partial charge < -0.3 is 19.2 Å². The average molecular weight is 430 g/mol. The highest BCUT2D eigenvalue weighted by Crippen LogP contribution is 2.27. The molecule has 30 heavy (non-hydrogen) atoms. The Morgan fingerprint density at radius 2 is 1.93 bits per heavy atom. The number of para-hydroxylation sites is 1. The number of fused-ring (bicyclic) bond motifs is 1. The summed E-state index contributed by atoms with van der Waals surface area (Å²) in [5, 5.41) is 3.60. The van der Waals surface area contributed by atoms with Gasteiger partial charge in [0.25, 0.3) is 5.91 Å². The van der Waals surface area contributed by atoms with E-state index in [-0.39, 0.29) is 24.2 Å². The summed E-state index contributed by atoms with van der Waals surface area (Å²) < 4.78 is 15.5. The molecule has 0 fully saturated rings. The summed E-state index contributed by atoms with van der Waals surface area (Å²) in [5.74, 6) is -0.812. The van der Waals surface area contributed by atoms with E-state index in [0.29, 0.717) is 21.7 Å². The average Bonchev–Trinajstić information content (AvgIpc) is 2.72. The summed E-state index contributed by atoms with van der Waals surface area (Å²) in [6.45, 7) is 1.90. The fraction of sp³-hybridized carbons (Fsp3) is 0.227. The molecule has 1 unspecified atom stereocenters. The van der Waals surface area contributed by atoms with Crippen molar-refractivity contribution < 1.29 is 23.5 Å². The molecule has 1 atom stereocenters. The number of hydrogen-bond donors (Lipinski definition) is 1. The van der Waals surface area contributed by atoms with Gasteiger partial charge in [0.15, 0.2) is 11.3 Å². The first-order valence-corrected chi connectivity index (χ1v) is 9.64. The van der Waals surface area contributed by atoms with Crippen LogP contribution in [0.3, 0.4) is 0 Å². The van der Waals surface area contributed by atoms with Gasteiger partial charge in [-0.15, -0.1) is 0 Å². The largest absolute Gasteiger partial charge is 0.493 e. The van der Waals surface area contributed by atoms with Crippen molar-refractivity contribution in [3.8, 4) is 5.75 Å². The van der Waals surface area contributed by atoms with Gasteiger partial charge in [-0.3, -0.25) is 9.59 Å². The van der Waals surface area contributed by atoms with Crippen LogP contribution in [0.5, 0.6) is 5.75 Å². The monoisotopic (exact) mass is 429 g/mol. The molecule has 1 amide bonds. The van der Waals surface area contributed by atoms with E-state index in [9.17, 15) is 14.4 Å². The van der Waals surface area contributed by atoms with Crippen LogP contribution in [-0.2, 0) is 9.53 Å². The Kier molecular flexibility index (Phi) is 6.74. The molecular weight excluding hydrogens is 410 g/mol. The Balaban J connectivity index is 1.95. The lowest BCUT2D eigenvalue weighted by molar-refractivity contribution is -0.143. The molecule has 0 spiro atoms. The van der Waals surface area contributed by atoms with E-state index < -0.39 is 23.5 Å². The number of nitrogens with one attached hydrogen (secondary N) is 1. The maximum absolute atomic E-state index is 12.9. The Hall–Kier alpha value is -3.32. The lowest BCUT2D eigenvalue weighted by Gasteiger charge is -2.19. The molecule has 0 aliphatic rings. The summed E-state index contributed by atoms with van der Waals surface area (Å²) in [6.07, 6.45) is -0.143. The second-order valence-corrected chi connectivity index (χ2v) is 6.79. The number of benzene rings is 2. The first-order valence-electron chi connectivity index (χ1n) is 9.26. The predicted octanol–water partition coefficient (Wildman–Crippen LogP) is 3.88. The summed E-state index contributed by atoms with van der Waals surface area (Å²) in [7, 11) is 1.46. The smallest absolute Gasteiger partial charge is 0.349 e. The number of hydrogen-bond acceptors (Lipinski definition) is 6. The lowest BCUT2D eigenvalue weighted by Crippen LogP contribution is -2.33. The van der Waals surface area contributed by atoms with Crippen molar-refractivity contribution in [2.24, 2.45) is 0 Å². The second-order valence-electron chi connectivity index (χ2n) is 6.38. The lowest BCUT2D eigenvalue weighted by atomic mass is 10.0. The van der Waals surface area contributed by atoms with Crippen LogP contribution in [0.2, 0.25) is 5.02 Å². The molecule has 8 heteroatoms. The van der Waals surface area contributed by atoms with Crippen LogP contribution in [0.4, 0.5) is 0 Å². The summed E-state index contributed by atoms with van der Waals surface area (Å²) >= 11 is 6.25. The van der Waals surface area contributed by atoms with Gasteiger partial charge >= 0.3 is 11.6 Å². The number of amides is 1. The van der Waals surface area contributed by atoms with E-state index in [1.807, 2.05) is 0 Å². The number of halogens is 1. The van der Waals surface area contributed by atoms with E-state index in [1.54, 1.807) is 49.4 Å². The molecule has 1 aromatic heterocycles. The van der Waals surface area contributed by atoms with Crippen LogP contribution in [0.25, 0.3) is 11.0 Å². The molecule has 0 bridgehead atoms.